The van der Waals surface area contributed by atoms with Crippen LogP contribution in [0.2, 0.25) is 0 Å². The zero-order valence-corrected chi connectivity index (χ0v) is 11.4. The molecule has 2 N–H and O–H groups in total. The fourth-order valence-corrected chi connectivity index (χ4v) is 2.21. The molecule has 0 saturated carbocycles. The van der Waals surface area contributed by atoms with Gasteiger partial charge < -0.3 is 10.4 Å². The van der Waals surface area contributed by atoms with E-state index in [4.69, 9.17) is 0 Å². The molecule has 0 amide bonds. The molecule has 0 heterocycles. The Morgan fingerprint density at radius 2 is 1.79 bits per heavy atom. The van der Waals surface area contributed by atoms with Gasteiger partial charge in [-0.2, -0.15) is 0 Å². The Hall–Kier alpha value is -1.88. The molecule has 0 aliphatic rings. The molecule has 1 unspecified atom stereocenters. The number of aliphatic carboxylic acids is 1. The molecule has 0 aliphatic carbocycles. The smallest absolute Gasteiger partial charge is 0.330 e. The average molecular weight is 324 g/mol. The van der Waals surface area contributed by atoms with Crippen LogP contribution in [0.3, 0.4) is 0 Å². The zero-order chi connectivity index (χ0) is 13.8. The maximum absolute atomic E-state index is 12.8. The highest BCUT2D eigenvalue weighted by atomic mass is 79.9. The van der Waals surface area contributed by atoms with Crippen LogP contribution < -0.4 is 5.32 Å². The van der Waals surface area contributed by atoms with Crippen LogP contribution in [0.4, 0.5) is 10.1 Å². The molecule has 0 radical (unpaired) electrons. The van der Waals surface area contributed by atoms with Gasteiger partial charge in [0.2, 0.25) is 0 Å². The highest BCUT2D eigenvalue weighted by molar-refractivity contribution is 9.10. The first kappa shape index (κ1) is 13.5. The highest BCUT2D eigenvalue weighted by Gasteiger charge is 2.21. The summed E-state index contributed by atoms with van der Waals surface area (Å²) in [4.78, 5) is 11.4. The van der Waals surface area contributed by atoms with Crippen molar-refractivity contribution in [3.05, 3.63) is 64.4 Å². The number of hydrogen-bond acceptors (Lipinski definition) is 2. The normalized spacial score (nSPS) is 11.9. The van der Waals surface area contributed by atoms with E-state index in [0.29, 0.717) is 15.7 Å². The van der Waals surface area contributed by atoms with Crippen LogP contribution in [0.15, 0.2) is 53.0 Å². The fourth-order valence-electron chi connectivity index (χ4n) is 1.69. The Labute approximate surface area is 118 Å². The number of carbonyl (C=O) groups is 1. The van der Waals surface area contributed by atoms with Crippen molar-refractivity contribution in [2.24, 2.45) is 0 Å². The molecule has 3 nitrogen and oxygen atoms in total. The van der Waals surface area contributed by atoms with E-state index in [0.717, 1.165) is 0 Å². The Kier molecular flexibility index (Phi) is 4.16. The van der Waals surface area contributed by atoms with Gasteiger partial charge in [-0.3, -0.25) is 0 Å². The van der Waals surface area contributed by atoms with Crippen molar-refractivity contribution < 1.29 is 14.3 Å². The summed E-state index contributed by atoms with van der Waals surface area (Å²) in [5, 5.41) is 12.2. The lowest BCUT2D eigenvalue weighted by Crippen LogP contribution is -2.20. The lowest BCUT2D eigenvalue weighted by Gasteiger charge is -2.17. The summed E-state index contributed by atoms with van der Waals surface area (Å²) >= 11 is 3.33. The van der Waals surface area contributed by atoms with Crippen molar-refractivity contribution in [1.82, 2.24) is 0 Å². The third-order valence-corrected chi connectivity index (χ3v) is 3.34. The lowest BCUT2D eigenvalue weighted by atomic mass is 10.1. The van der Waals surface area contributed by atoms with E-state index in [1.165, 1.54) is 24.3 Å². The second-order valence-corrected chi connectivity index (χ2v) is 4.80. The average Bonchev–Trinajstić information content (AvgIpc) is 2.39. The Morgan fingerprint density at radius 3 is 2.37 bits per heavy atom. The van der Waals surface area contributed by atoms with E-state index in [9.17, 15) is 14.3 Å². The van der Waals surface area contributed by atoms with Gasteiger partial charge in [-0.05, 0) is 35.9 Å². The number of anilines is 1. The molecule has 98 valence electrons. The molecule has 0 saturated heterocycles. The first-order valence-electron chi connectivity index (χ1n) is 5.57. The van der Waals surface area contributed by atoms with Crippen LogP contribution in [0.25, 0.3) is 0 Å². The summed E-state index contributed by atoms with van der Waals surface area (Å²) < 4.78 is 13.5. The summed E-state index contributed by atoms with van der Waals surface area (Å²) in [6.07, 6.45) is 0. The topological polar surface area (TPSA) is 49.3 Å². The molecule has 0 bridgehead atoms. The van der Waals surface area contributed by atoms with Crippen LogP contribution in [0.5, 0.6) is 0 Å². The van der Waals surface area contributed by atoms with Gasteiger partial charge >= 0.3 is 5.97 Å². The number of carboxylic acids is 1. The minimum atomic E-state index is -1.00. The molecule has 0 aliphatic heterocycles. The molecule has 0 aromatic heterocycles. The van der Waals surface area contributed by atoms with Gasteiger partial charge in [-0.1, -0.05) is 34.1 Å². The maximum atomic E-state index is 12.8. The van der Waals surface area contributed by atoms with Crippen LogP contribution in [-0.4, -0.2) is 11.1 Å². The number of nitrogens with one attached hydrogen (secondary N) is 1. The van der Waals surface area contributed by atoms with Gasteiger partial charge in [0.1, 0.15) is 5.82 Å². The SMILES string of the molecule is O=C(O)C(Nc1ccc(F)cc1)c1ccccc1Br. The number of halogens is 2. The predicted octanol–water partition coefficient (Wildman–Crippen LogP) is 3.83. The summed E-state index contributed by atoms with van der Waals surface area (Å²) in [7, 11) is 0. The van der Waals surface area contributed by atoms with Crippen LogP contribution in [-0.2, 0) is 4.79 Å². The molecule has 2 aromatic carbocycles. The Morgan fingerprint density at radius 1 is 1.16 bits per heavy atom. The summed E-state index contributed by atoms with van der Waals surface area (Å²) in [6, 6.07) is 11.7. The Balaban J connectivity index is 2.29. The molecule has 0 spiro atoms. The summed E-state index contributed by atoms with van der Waals surface area (Å²) in [5.74, 6) is -1.37. The molecule has 1 atom stereocenters. The standard InChI is InChI=1S/C14H11BrFNO2/c15-12-4-2-1-3-11(12)13(14(18)19)17-10-7-5-9(16)6-8-10/h1-8,13,17H,(H,18,19). The van der Waals surface area contributed by atoms with Crippen molar-refractivity contribution >= 4 is 27.6 Å². The second-order valence-electron chi connectivity index (χ2n) is 3.94. The van der Waals surface area contributed by atoms with Crippen LogP contribution in [0.1, 0.15) is 11.6 Å². The largest absolute Gasteiger partial charge is 0.479 e. The maximum Gasteiger partial charge on any atom is 0.330 e. The van der Waals surface area contributed by atoms with Gasteiger partial charge in [0, 0.05) is 10.2 Å². The number of carboxylic acid groups (broad SMARTS) is 1. The first-order chi connectivity index (χ1) is 9.08. The minimum absolute atomic E-state index is 0.363. The number of benzene rings is 2. The molecule has 2 aromatic rings. The van der Waals surface area contributed by atoms with Gasteiger partial charge in [-0.25, -0.2) is 9.18 Å². The molecule has 19 heavy (non-hydrogen) atoms. The predicted molar refractivity (Wildman–Crippen MR) is 74.5 cm³/mol. The minimum Gasteiger partial charge on any atom is -0.479 e. The van der Waals surface area contributed by atoms with Gasteiger partial charge in [0.15, 0.2) is 6.04 Å². The van der Waals surface area contributed by atoms with Crippen molar-refractivity contribution in [1.29, 1.82) is 0 Å². The number of hydrogen-bond donors (Lipinski definition) is 2. The monoisotopic (exact) mass is 323 g/mol. The first-order valence-corrected chi connectivity index (χ1v) is 6.36. The molecule has 2 rings (SSSR count). The summed E-state index contributed by atoms with van der Waals surface area (Å²) in [5.41, 5.74) is 1.16. The summed E-state index contributed by atoms with van der Waals surface area (Å²) in [6.45, 7) is 0. The molecule has 0 fully saturated rings. The highest BCUT2D eigenvalue weighted by Crippen LogP contribution is 2.26. The van der Waals surface area contributed by atoms with Gasteiger partial charge in [0.25, 0.3) is 0 Å². The lowest BCUT2D eigenvalue weighted by molar-refractivity contribution is -0.138. The van der Waals surface area contributed by atoms with Gasteiger partial charge in [-0.15, -0.1) is 0 Å². The second kappa shape index (κ2) is 5.84. The molecular weight excluding hydrogens is 313 g/mol. The van der Waals surface area contributed by atoms with Crippen molar-refractivity contribution in [2.75, 3.05) is 5.32 Å². The van der Waals surface area contributed by atoms with Gasteiger partial charge in [0.05, 0.1) is 0 Å². The van der Waals surface area contributed by atoms with E-state index in [1.807, 2.05) is 6.07 Å². The van der Waals surface area contributed by atoms with Crippen LogP contribution >= 0.6 is 15.9 Å². The zero-order valence-electron chi connectivity index (χ0n) is 9.81. The van der Waals surface area contributed by atoms with Crippen molar-refractivity contribution in [3.8, 4) is 0 Å². The fraction of sp³-hybridized carbons (Fsp3) is 0.0714. The third kappa shape index (κ3) is 3.32. The quantitative estimate of drug-likeness (QED) is 0.899. The van der Waals surface area contributed by atoms with E-state index in [1.54, 1.807) is 18.2 Å². The van der Waals surface area contributed by atoms with Crippen LogP contribution in [0, 0.1) is 5.82 Å². The van der Waals surface area contributed by atoms with E-state index < -0.39 is 12.0 Å². The third-order valence-electron chi connectivity index (χ3n) is 2.62. The number of rotatable bonds is 4. The molecule has 5 heteroatoms. The van der Waals surface area contributed by atoms with Crippen molar-refractivity contribution in [2.45, 2.75) is 6.04 Å². The van der Waals surface area contributed by atoms with E-state index in [-0.39, 0.29) is 5.82 Å². The van der Waals surface area contributed by atoms with E-state index in [2.05, 4.69) is 21.2 Å². The molecular formula is C14H11BrFNO2. The van der Waals surface area contributed by atoms with Crippen molar-refractivity contribution in [3.63, 3.8) is 0 Å². The van der Waals surface area contributed by atoms with E-state index >= 15 is 0 Å². The Bertz CT molecular complexity index is 586.